The number of amides is 1. The Balaban J connectivity index is 1.29. The lowest BCUT2D eigenvalue weighted by Crippen LogP contribution is -2.28. The number of anilines is 1. The number of hydrogen-bond acceptors (Lipinski definition) is 5. The van der Waals surface area contributed by atoms with E-state index in [-0.39, 0.29) is 11.8 Å². The van der Waals surface area contributed by atoms with Crippen molar-refractivity contribution in [2.75, 3.05) is 5.32 Å². The largest absolute Gasteiger partial charge is 0.336 e. The summed E-state index contributed by atoms with van der Waals surface area (Å²) in [7, 11) is 0. The van der Waals surface area contributed by atoms with E-state index in [0.717, 1.165) is 19.3 Å². The highest BCUT2D eigenvalue weighted by molar-refractivity contribution is 5.98. The highest BCUT2D eigenvalue weighted by Crippen LogP contribution is 2.35. The number of carbonyl (C=O) groups excluding carboxylic acids is 1. The lowest BCUT2D eigenvalue weighted by atomic mass is 9.85. The number of imidazole rings is 1. The third kappa shape index (κ3) is 4.01. The fourth-order valence-corrected chi connectivity index (χ4v) is 4.91. The summed E-state index contributed by atoms with van der Waals surface area (Å²) in [6.45, 7) is 0. The Morgan fingerprint density at radius 1 is 0.949 bits per heavy atom. The van der Waals surface area contributed by atoms with Gasteiger partial charge >= 0.3 is 0 Å². The van der Waals surface area contributed by atoms with E-state index in [9.17, 15) is 9.18 Å². The minimum atomic E-state index is -0.461. The first-order chi connectivity index (χ1) is 19.0. The van der Waals surface area contributed by atoms with Gasteiger partial charge in [0.1, 0.15) is 28.5 Å². The Morgan fingerprint density at radius 2 is 1.82 bits per heavy atom. The van der Waals surface area contributed by atoms with Crippen LogP contribution in [0.5, 0.6) is 0 Å². The molecule has 6 aromatic rings. The second-order valence-electron chi connectivity index (χ2n) is 9.65. The van der Waals surface area contributed by atoms with Gasteiger partial charge in [-0.3, -0.25) is 19.9 Å². The maximum Gasteiger partial charge on any atom is 0.227 e. The smallest absolute Gasteiger partial charge is 0.227 e. The normalized spacial score (nSPS) is 13.6. The molecule has 0 unspecified atom stereocenters. The van der Waals surface area contributed by atoms with Crippen LogP contribution in [0.15, 0.2) is 67.1 Å². The summed E-state index contributed by atoms with van der Waals surface area (Å²) in [5.74, 6) is -0.445. The highest BCUT2D eigenvalue weighted by Gasteiger charge is 2.25. The van der Waals surface area contributed by atoms with Crippen LogP contribution >= 0.6 is 0 Å². The monoisotopic (exact) mass is 521 g/mol. The van der Waals surface area contributed by atoms with Crippen LogP contribution in [0.4, 0.5) is 14.5 Å². The molecular formula is C29H21F2N7O. The number of rotatable bonds is 5. The molecule has 7 rings (SSSR count). The quantitative estimate of drug-likeness (QED) is 0.248. The second kappa shape index (κ2) is 9.09. The summed E-state index contributed by atoms with van der Waals surface area (Å²) in [4.78, 5) is 28.9. The molecule has 1 fully saturated rings. The molecule has 0 atom stereocenters. The second-order valence-corrected chi connectivity index (χ2v) is 9.65. The van der Waals surface area contributed by atoms with E-state index < -0.39 is 11.6 Å². The first kappa shape index (κ1) is 23.2. The van der Waals surface area contributed by atoms with Crippen LogP contribution in [0.2, 0.25) is 0 Å². The molecule has 4 heterocycles. The molecule has 1 saturated carbocycles. The molecule has 1 aliphatic rings. The van der Waals surface area contributed by atoms with Crippen molar-refractivity contribution in [3.05, 3.63) is 78.8 Å². The highest BCUT2D eigenvalue weighted by atomic mass is 19.1. The minimum absolute atomic E-state index is 0.0214. The molecule has 1 amide bonds. The van der Waals surface area contributed by atoms with Gasteiger partial charge in [-0.05, 0) is 43.2 Å². The van der Waals surface area contributed by atoms with Crippen molar-refractivity contribution in [3.63, 3.8) is 0 Å². The molecule has 0 bridgehead atoms. The van der Waals surface area contributed by atoms with Gasteiger partial charge in [0.2, 0.25) is 5.91 Å². The third-order valence-electron chi connectivity index (χ3n) is 7.20. The van der Waals surface area contributed by atoms with Gasteiger partial charge in [-0.15, -0.1) is 0 Å². The Hall–Kier alpha value is -4.99. The van der Waals surface area contributed by atoms with Crippen molar-refractivity contribution in [2.24, 2.45) is 5.92 Å². The van der Waals surface area contributed by atoms with Gasteiger partial charge in [-0.25, -0.2) is 13.8 Å². The number of nitrogens with one attached hydrogen (secondary N) is 3. The number of carbonyl (C=O) groups is 1. The van der Waals surface area contributed by atoms with E-state index >= 15 is 4.39 Å². The van der Waals surface area contributed by atoms with E-state index in [2.05, 4.69) is 30.5 Å². The molecule has 39 heavy (non-hydrogen) atoms. The van der Waals surface area contributed by atoms with E-state index in [1.807, 2.05) is 0 Å². The number of aromatic nitrogens is 6. The maximum atomic E-state index is 15.2. The van der Waals surface area contributed by atoms with E-state index in [4.69, 9.17) is 4.98 Å². The van der Waals surface area contributed by atoms with Crippen LogP contribution < -0.4 is 5.32 Å². The van der Waals surface area contributed by atoms with E-state index in [1.165, 1.54) is 12.1 Å². The van der Waals surface area contributed by atoms with Crippen LogP contribution in [0, 0.1) is 17.6 Å². The van der Waals surface area contributed by atoms with Gasteiger partial charge in [0.05, 0.1) is 22.9 Å². The van der Waals surface area contributed by atoms with Gasteiger partial charge in [-0.1, -0.05) is 18.6 Å². The molecule has 10 heteroatoms. The lowest BCUT2D eigenvalue weighted by molar-refractivity contribution is -0.122. The zero-order valence-corrected chi connectivity index (χ0v) is 20.5. The molecular weight excluding hydrogens is 500 g/mol. The van der Waals surface area contributed by atoms with Crippen molar-refractivity contribution in [3.8, 4) is 33.9 Å². The van der Waals surface area contributed by atoms with Gasteiger partial charge in [0.25, 0.3) is 0 Å². The fraction of sp³-hybridized carbons (Fsp3) is 0.138. The van der Waals surface area contributed by atoms with Crippen LogP contribution in [-0.2, 0) is 4.79 Å². The van der Waals surface area contributed by atoms with Crippen molar-refractivity contribution in [2.45, 2.75) is 19.3 Å². The van der Waals surface area contributed by atoms with Crippen LogP contribution in [0.1, 0.15) is 19.3 Å². The zero-order chi connectivity index (χ0) is 26.5. The van der Waals surface area contributed by atoms with Gasteiger partial charge in [0, 0.05) is 46.5 Å². The number of aromatic amines is 2. The van der Waals surface area contributed by atoms with Crippen molar-refractivity contribution in [1.82, 2.24) is 30.1 Å². The standard InChI is InChI=1S/C29H21F2N7O/c30-21-7-2-1-6-18(21)25-27-23(8-9-33-25)35-28(36-27)26-20-11-19(22(31)12-24(20)37-38-26)16-10-17(14-32-13-16)34-29(39)15-4-3-5-15/h1-2,6-15H,3-5H2,(H,34,39)(H,35,36)(H,37,38). The molecule has 2 aromatic carbocycles. The van der Waals surface area contributed by atoms with Crippen molar-refractivity contribution in [1.29, 1.82) is 0 Å². The Kier molecular flexibility index (Phi) is 5.39. The topological polar surface area (TPSA) is 112 Å². The molecule has 192 valence electrons. The van der Waals surface area contributed by atoms with E-state index in [1.54, 1.807) is 55.0 Å². The summed E-state index contributed by atoms with van der Waals surface area (Å²) >= 11 is 0. The molecule has 4 aromatic heterocycles. The number of H-pyrrole nitrogens is 2. The Morgan fingerprint density at radius 3 is 2.64 bits per heavy atom. The number of benzene rings is 2. The van der Waals surface area contributed by atoms with Crippen molar-refractivity contribution >= 4 is 33.5 Å². The van der Waals surface area contributed by atoms with Crippen LogP contribution in [-0.4, -0.2) is 36.0 Å². The molecule has 1 aliphatic carbocycles. The number of hydrogen-bond donors (Lipinski definition) is 3. The van der Waals surface area contributed by atoms with Crippen molar-refractivity contribution < 1.29 is 13.6 Å². The Labute approximate surface area is 220 Å². The minimum Gasteiger partial charge on any atom is -0.336 e. The molecule has 0 spiro atoms. The fourth-order valence-electron chi connectivity index (χ4n) is 4.91. The van der Waals surface area contributed by atoms with Gasteiger partial charge in [0.15, 0.2) is 5.82 Å². The molecule has 0 saturated heterocycles. The van der Waals surface area contributed by atoms with Gasteiger partial charge < -0.3 is 10.3 Å². The SMILES string of the molecule is O=C(Nc1cncc(-c2cc3c(-c4nc5c(-c6ccccc6F)nccc5[nH]4)n[nH]c3cc2F)c1)C1CCC1. The summed E-state index contributed by atoms with van der Waals surface area (Å²) in [6.07, 6.45) is 7.51. The van der Waals surface area contributed by atoms with Crippen LogP contribution in [0.3, 0.4) is 0 Å². The molecule has 0 aliphatic heterocycles. The lowest BCUT2D eigenvalue weighted by Gasteiger charge is -2.24. The number of halogens is 2. The average molecular weight is 522 g/mol. The molecule has 3 N–H and O–H groups in total. The first-order valence-electron chi connectivity index (χ1n) is 12.6. The zero-order valence-electron chi connectivity index (χ0n) is 20.5. The number of pyridine rings is 2. The van der Waals surface area contributed by atoms with E-state index in [0.29, 0.717) is 61.5 Å². The third-order valence-corrected chi connectivity index (χ3v) is 7.20. The maximum absolute atomic E-state index is 15.2. The number of fused-ring (bicyclic) bond motifs is 2. The summed E-state index contributed by atoms with van der Waals surface area (Å²) in [5.41, 5.74) is 4.21. The summed E-state index contributed by atoms with van der Waals surface area (Å²) < 4.78 is 29.8. The summed E-state index contributed by atoms with van der Waals surface area (Å²) in [5, 5.41) is 10.8. The van der Waals surface area contributed by atoms with Gasteiger partial charge in [-0.2, -0.15) is 5.10 Å². The predicted molar refractivity (Wildman–Crippen MR) is 144 cm³/mol. The Bertz CT molecular complexity index is 1890. The predicted octanol–water partition coefficient (Wildman–Crippen LogP) is 6.25. The van der Waals surface area contributed by atoms with Crippen LogP contribution in [0.25, 0.3) is 55.8 Å². The number of nitrogens with zero attached hydrogens (tertiary/aromatic N) is 4. The average Bonchev–Trinajstić information content (AvgIpc) is 3.51. The summed E-state index contributed by atoms with van der Waals surface area (Å²) in [6, 6.07) is 12.9. The first-order valence-corrected chi connectivity index (χ1v) is 12.6. The molecule has 8 nitrogen and oxygen atoms in total. The molecule has 0 radical (unpaired) electrons.